The SMILES string of the molecule is CNC1CCCN(C(=O)C=Cc2ccc(OC)c(F)c2)C1. The molecule has 1 fully saturated rings. The summed E-state index contributed by atoms with van der Waals surface area (Å²) in [5.41, 5.74) is 0.642. The second-order valence-corrected chi connectivity index (χ2v) is 5.14. The molecule has 1 heterocycles. The van der Waals surface area contributed by atoms with Gasteiger partial charge in [0, 0.05) is 25.2 Å². The summed E-state index contributed by atoms with van der Waals surface area (Å²) in [5.74, 6) is -0.266. The zero-order chi connectivity index (χ0) is 15.2. The molecule has 4 nitrogen and oxygen atoms in total. The van der Waals surface area contributed by atoms with Crippen LogP contribution in [0.5, 0.6) is 5.75 Å². The van der Waals surface area contributed by atoms with Gasteiger partial charge in [-0.25, -0.2) is 4.39 Å². The number of rotatable bonds is 4. The lowest BCUT2D eigenvalue weighted by Crippen LogP contribution is -2.46. The average Bonchev–Trinajstić information content (AvgIpc) is 2.52. The highest BCUT2D eigenvalue weighted by Gasteiger charge is 2.20. The van der Waals surface area contributed by atoms with Gasteiger partial charge in [0.25, 0.3) is 0 Å². The van der Waals surface area contributed by atoms with Gasteiger partial charge in [-0.3, -0.25) is 4.79 Å². The Morgan fingerprint density at radius 1 is 1.52 bits per heavy atom. The molecule has 1 aromatic rings. The van der Waals surface area contributed by atoms with E-state index in [4.69, 9.17) is 4.74 Å². The van der Waals surface area contributed by atoms with E-state index in [0.717, 1.165) is 25.9 Å². The topological polar surface area (TPSA) is 41.6 Å². The Bertz CT molecular complexity index is 531. The number of hydrogen-bond donors (Lipinski definition) is 1. The molecule has 114 valence electrons. The van der Waals surface area contributed by atoms with Gasteiger partial charge in [0.15, 0.2) is 11.6 Å². The van der Waals surface area contributed by atoms with Gasteiger partial charge in [0.05, 0.1) is 7.11 Å². The lowest BCUT2D eigenvalue weighted by molar-refractivity contribution is -0.127. The Morgan fingerprint density at radius 3 is 3.00 bits per heavy atom. The van der Waals surface area contributed by atoms with Gasteiger partial charge in [-0.1, -0.05) is 6.07 Å². The molecule has 1 unspecified atom stereocenters. The quantitative estimate of drug-likeness (QED) is 0.864. The summed E-state index contributed by atoms with van der Waals surface area (Å²) < 4.78 is 18.4. The Kier molecular flexibility index (Phi) is 5.33. The first-order valence-corrected chi connectivity index (χ1v) is 7.12. The first-order valence-electron chi connectivity index (χ1n) is 7.12. The summed E-state index contributed by atoms with van der Waals surface area (Å²) in [6.07, 6.45) is 5.23. The number of ether oxygens (including phenoxy) is 1. The Morgan fingerprint density at radius 2 is 2.33 bits per heavy atom. The number of halogens is 1. The van der Waals surface area contributed by atoms with E-state index in [1.165, 1.54) is 19.3 Å². The van der Waals surface area contributed by atoms with Crippen LogP contribution in [0, 0.1) is 5.82 Å². The number of methoxy groups -OCH3 is 1. The first kappa shape index (κ1) is 15.5. The summed E-state index contributed by atoms with van der Waals surface area (Å²) in [6, 6.07) is 4.99. The third-order valence-corrected chi connectivity index (χ3v) is 3.74. The summed E-state index contributed by atoms with van der Waals surface area (Å²) >= 11 is 0. The predicted octanol–water partition coefficient (Wildman–Crippen LogP) is 2.06. The number of likely N-dealkylation sites (tertiary alicyclic amines) is 1. The van der Waals surface area contributed by atoms with Gasteiger partial charge in [0.2, 0.25) is 5.91 Å². The maximum atomic E-state index is 13.6. The van der Waals surface area contributed by atoms with Crippen molar-refractivity contribution < 1.29 is 13.9 Å². The van der Waals surface area contributed by atoms with Crippen LogP contribution in [0.2, 0.25) is 0 Å². The minimum Gasteiger partial charge on any atom is -0.494 e. The molecule has 0 spiro atoms. The molecule has 1 atom stereocenters. The van der Waals surface area contributed by atoms with Crippen molar-refractivity contribution >= 4 is 12.0 Å². The molecule has 0 aromatic heterocycles. The zero-order valence-electron chi connectivity index (χ0n) is 12.4. The van der Waals surface area contributed by atoms with Crippen molar-refractivity contribution in [1.82, 2.24) is 10.2 Å². The summed E-state index contributed by atoms with van der Waals surface area (Å²) in [5, 5.41) is 3.20. The zero-order valence-corrected chi connectivity index (χ0v) is 12.4. The average molecular weight is 292 g/mol. The molecular formula is C16H21FN2O2. The van der Waals surface area contributed by atoms with E-state index in [9.17, 15) is 9.18 Å². The van der Waals surface area contributed by atoms with Crippen molar-refractivity contribution in [3.63, 3.8) is 0 Å². The fourth-order valence-electron chi connectivity index (χ4n) is 2.47. The number of likely N-dealkylation sites (N-methyl/N-ethyl adjacent to an activating group) is 1. The first-order chi connectivity index (χ1) is 10.1. The van der Waals surface area contributed by atoms with Crippen LogP contribution in [-0.2, 0) is 4.79 Å². The number of carbonyl (C=O) groups is 1. The molecular weight excluding hydrogens is 271 g/mol. The maximum Gasteiger partial charge on any atom is 0.246 e. The molecule has 1 aromatic carbocycles. The molecule has 0 aliphatic carbocycles. The van der Waals surface area contributed by atoms with Crippen molar-refractivity contribution in [3.05, 3.63) is 35.7 Å². The number of amides is 1. The molecule has 1 amide bonds. The van der Waals surface area contributed by atoms with Crippen molar-refractivity contribution in [1.29, 1.82) is 0 Å². The van der Waals surface area contributed by atoms with Crippen LogP contribution >= 0.6 is 0 Å². The second kappa shape index (κ2) is 7.22. The molecule has 1 aliphatic rings. The van der Waals surface area contributed by atoms with Crippen molar-refractivity contribution in [2.45, 2.75) is 18.9 Å². The van der Waals surface area contributed by atoms with E-state index in [2.05, 4.69) is 5.32 Å². The summed E-state index contributed by atoms with van der Waals surface area (Å²) in [7, 11) is 3.33. The summed E-state index contributed by atoms with van der Waals surface area (Å²) in [6.45, 7) is 1.50. The van der Waals surface area contributed by atoms with Crippen LogP contribution in [0.15, 0.2) is 24.3 Å². The van der Waals surface area contributed by atoms with Gasteiger partial charge >= 0.3 is 0 Å². The van der Waals surface area contributed by atoms with Crippen LogP contribution in [0.4, 0.5) is 4.39 Å². The molecule has 1 N–H and O–H groups in total. The van der Waals surface area contributed by atoms with E-state index >= 15 is 0 Å². The van der Waals surface area contributed by atoms with Gasteiger partial charge in [-0.05, 0) is 43.7 Å². The maximum absolute atomic E-state index is 13.6. The minimum atomic E-state index is -0.430. The van der Waals surface area contributed by atoms with Crippen LogP contribution < -0.4 is 10.1 Å². The molecule has 2 rings (SSSR count). The smallest absolute Gasteiger partial charge is 0.246 e. The van der Waals surface area contributed by atoms with Crippen molar-refractivity contribution in [2.24, 2.45) is 0 Å². The third kappa shape index (κ3) is 4.04. The fourth-order valence-corrected chi connectivity index (χ4v) is 2.47. The van der Waals surface area contributed by atoms with Gasteiger partial charge in [-0.2, -0.15) is 0 Å². The number of nitrogens with zero attached hydrogens (tertiary/aromatic N) is 1. The van der Waals surface area contributed by atoms with Crippen molar-refractivity contribution in [3.8, 4) is 5.75 Å². The van der Waals surface area contributed by atoms with E-state index in [-0.39, 0.29) is 11.7 Å². The standard InChI is InChI=1S/C16H21FN2O2/c1-18-13-4-3-9-19(11-13)16(20)8-6-12-5-7-15(21-2)14(17)10-12/h5-8,10,13,18H,3-4,9,11H2,1-2H3. The Balaban J connectivity index is 2.00. The molecule has 0 bridgehead atoms. The van der Waals surface area contributed by atoms with E-state index in [1.54, 1.807) is 18.2 Å². The molecule has 21 heavy (non-hydrogen) atoms. The normalized spacial score (nSPS) is 19.0. The summed E-state index contributed by atoms with van der Waals surface area (Å²) in [4.78, 5) is 14.0. The highest BCUT2D eigenvalue weighted by atomic mass is 19.1. The predicted molar refractivity (Wildman–Crippen MR) is 80.6 cm³/mol. The van der Waals surface area contributed by atoms with Crippen LogP contribution in [0.3, 0.4) is 0 Å². The van der Waals surface area contributed by atoms with Crippen LogP contribution in [0.25, 0.3) is 6.08 Å². The van der Waals surface area contributed by atoms with Crippen LogP contribution in [-0.4, -0.2) is 44.1 Å². The highest BCUT2D eigenvalue weighted by Crippen LogP contribution is 2.18. The number of carbonyl (C=O) groups excluding carboxylic acids is 1. The lowest BCUT2D eigenvalue weighted by atomic mass is 10.1. The Labute approximate surface area is 124 Å². The van der Waals surface area contributed by atoms with Gasteiger partial charge in [-0.15, -0.1) is 0 Å². The number of piperidine rings is 1. The van der Waals surface area contributed by atoms with Crippen molar-refractivity contribution in [2.75, 3.05) is 27.2 Å². The molecule has 0 saturated carbocycles. The number of hydrogen-bond acceptors (Lipinski definition) is 3. The Hall–Kier alpha value is -1.88. The largest absolute Gasteiger partial charge is 0.494 e. The monoisotopic (exact) mass is 292 g/mol. The fraction of sp³-hybridized carbons (Fsp3) is 0.438. The van der Waals surface area contributed by atoms with Crippen LogP contribution in [0.1, 0.15) is 18.4 Å². The number of benzene rings is 1. The van der Waals surface area contributed by atoms with E-state index < -0.39 is 5.82 Å². The minimum absolute atomic E-state index is 0.0359. The highest BCUT2D eigenvalue weighted by molar-refractivity contribution is 5.91. The third-order valence-electron chi connectivity index (χ3n) is 3.74. The van der Waals surface area contributed by atoms with Gasteiger partial charge < -0.3 is 15.0 Å². The lowest BCUT2D eigenvalue weighted by Gasteiger charge is -2.31. The van der Waals surface area contributed by atoms with Gasteiger partial charge in [0.1, 0.15) is 0 Å². The molecule has 1 aliphatic heterocycles. The second-order valence-electron chi connectivity index (χ2n) is 5.14. The molecule has 5 heteroatoms. The van der Waals surface area contributed by atoms with E-state index in [1.807, 2.05) is 11.9 Å². The molecule has 0 radical (unpaired) electrons. The molecule has 1 saturated heterocycles. The number of nitrogens with one attached hydrogen (secondary N) is 1. The van der Waals surface area contributed by atoms with E-state index in [0.29, 0.717) is 11.6 Å².